The van der Waals surface area contributed by atoms with Crippen molar-refractivity contribution in [3.63, 3.8) is 0 Å². The summed E-state index contributed by atoms with van der Waals surface area (Å²) < 4.78 is 10.6. The van der Waals surface area contributed by atoms with Crippen LogP contribution in [0.3, 0.4) is 0 Å². The van der Waals surface area contributed by atoms with Crippen molar-refractivity contribution in [2.75, 3.05) is 0 Å². The van der Waals surface area contributed by atoms with Crippen LogP contribution in [-0.4, -0.2) is 17.9 Å². The van der Waals surface area contributed by atoms with Crippen molar-refractivity contribution >= 4 is 6.16 Å². The third-order valence-electron chi connectivity index (χ3n) is 4.12. The highest BCUT2D eigenvalue weighted by atomic mass is 16.7. The third kappa shape index (κ3) is 3.02. The molecule has 106 valence electrons. The van der Waals surface area contributed by atoms with E-state index in [1.807, 2.05) is 13.8 Å². The van der Waals surface area contributed by atoms with E-state index in [2.05, 4.69) is 31.2 Å². The van der Waals surface area contributed by atoms with Gasteiger partial charge in [0.15, 0.2) is 0 Å². The third-order valence-corrected chi connectivity index (χ3v) is 4.12. The number of ether oxygens (including phenoxy) is 2. The zero-order valence-electron chi connectivity index (χ0n) is 12.1. The summed E-state index contributed by atoms with van der Waals surface area (Å²) >= 11 is 0. The van der Waals surface area contributed by atoms with Crippen LogP contribution in [0.25, 0.3) is 0 Å². The van der Waals surface area contributed by atoms with Crippen LogP contribution in [0.4, 0.5) is 4.79 Å². The van der Waals surface area contributed by atoms with Crippen molar-refractivity contribution in [2.45, 2.75) is 64.6 Å². The Balaban J connectivity index is 1.72. The lowest BCUT2D eigenvalue weighted by atomic mass is 10.2. The summed E-state index contributed by atoms with van der Waals surface area (Å²) in [5, 5.41) is 0. The van der Waals surface area contributed by atoms with Gasteiger partial charge < -0.3 is 9.47 Å². The molecule has 0 saturated heterocycles. The Morgan fingerprint density at radius 1 is 1.26 bits per heavy atom. The minimum Gasteiger partial charge on any atom is -0.431 e. The Bertz CT molecular complexity index is 389. The molecule has 0 N–H and O–H groups in total. The van der Waals surface area contributed by atoms with Crippen LogP contribution in [0.15, 0.2) is 24.3 Å². The van der Waals surface area contributed by atoms with E-state index in [0.717, 1.165) is 32.1 Å². The molecule has 0 spiro atoms. The van der Waals surface area contributed by atoms with Gasteiger partial charge in [-0.15, -0.1) is 0 Å². The van der Waals surface area contributed by atoms with Gasteiger partial charge in [0.1, 0.15) is 11.7 Å². The van der Waals surface area contributed by atoms with Gasteiger partial charge >= 0.3 is 6.16 Å². The summed E-state index contributed by atoms with van der Waals surface area (Å²) in [6.07, 6.45) is 12.9. The average Bonchev–Trinajstić information content (AvgIpc) is 3.14. The monoisotopic (exact) mass is 264 g/mol. The number of fused-ring (bicyclic) bond motifs is 1. The fraction of sp³-hybridized carbons (Fsp3) is 0.688. The van der Waals surface area contributed by atoms with Gasteiger partial charge in [0.25, 0.3) is 0 Å². The second-order valence-corrected chi connectivity index (χ2v) is 5.71. The van der Waals surface area contributed by atoms with E-state index in [1.54, 1.807) is 0 Å². The summed E-state index contributed by atoms with van der Waals surface area (Å²) in [7, 11) is 0. The summed E-state index contributed by atoms with van der Waals surface area (Å²) in [4.78, 5) is 11.6. The maximum absolute atomic E-state index is 11.6. The molecule has 0 aromatic heterocycles. The van der Waals surface area contributed by atoms with E-state index in [1.165, 1.54) is 0 Å². The minimum absolute atomic E-state index is 0.0643. The van der Waals surface area contributed by atoms with Crippen LogP contribution in [0, 0.1) is 5.41 Å². The Morgan fingerprint density at radius 2 is 2.00 bits per heavy atom. The van der Waals surface area contributed by atoms with Crippen LogP contribution in [0.5, 0.6) is 0 Å². The van der Waals surface area contributed by atoms with Gasteiger partial charge in [0.2, 0.25) is 0 Å². The van der Waals surface area contributed by atoms with E-state index in [9.17, 15) is 4.79 Å². The molecule has 0 heterocycles. The summed E-state index contributed by atoms with van der Waals surface area (Å²) in [5.41, 5.74) is -0.0793. The molecule has 0 bridgehead atoms. The van der Waals surface area contributed by atoms with Gasteiger partial charge in [0.05, 0.1) is 0 Å². The molecule has 3 nitrogen and oxygen atoms in total. The van der Waals surface area contributed by atoms with Crippen molar-refractivity contribution in [2.24, 2.45) is 5.41 Å². The Kier molecular flexibility index (Phi) is 4.02. The average molecular weight is 264 g/mol. The highest BCUT2D eigenvalue weighted by molar-refractivity contribution is 5.64. The highest BCUT2D eigenvalue weighted by Gasteiger charge is 2.85. The molecular formula is C16H24O3. The minimum atomic E-state index is -0.506. The number of rotatable bonds is 7. The number of carbonyl (C=O) groups excluding carboxylic acids is 1. The van der Waals surface area contributed by atoms with Gasteiger partial charge in [-0.2, -0.15) is 0 Å². The van der Waals surface area contributed by atoms with Gasteiger partial charge in [0, 0.05) is 18.3 Å². The molecule has 2 aliphatic carbocycles. The first-order valence-electron chi connectivity index (χ1n) is 7.30. The van der Waals surface area contributed by atoms with Gasteiger partial charge in [-0.3, -0.25) is 0 Å². The second-order valence-electron chi connectivity index (χ2n) is 5.71. The van der Waals surface area contributed by atoms with Crippen molar-refractivity contribution < 1.29 is 14.3 Å². The lowest BCUT2D eigenvalue weighted by molar-refractivity contribution is 0.00927. The lowest BCUT2D eigenvalue weighted by Gasteiger charge is -2.11. The number of hydrogen-bond donors (Lipinski definition) is 0. The molecule has 3 heteroatoms. The van der Waals surface area contributed by atoms with E-state index < -0.39 is 6.16 Å². The zero-order chi connectivity index (χ0) is 13.9. The molecule has 0 aliphatic heterocycles. The van der Waals surface area contributed by atoms with Crippen LogP contribution in [0.2, 0.25) is 0 Å². The molecule has 2 saturated carbocycles. The van der Waals surface area contributed by atoms with Gasteiger partial charge in [-0.25, -0.2) is 4.79 Å². The molecule has 0 aromatic rings. The maximum Gasteiger partial charge on any atom is 0.509 e. The standard InChI is InChI=1S/C16H24O3/c1-4-6-7-8-9-10-15-11-16(15,12-15)19-14(17)18-13(3)5-2/h6-7,9-10,13H,4-5,8,11-12H2,1-3H3/b7-6-,10-9-. The van der Waals surface area contributed by atoms with E-state index in [0.29, 0.717) is 0 Å². The summed E-state index contributed by atoms with van der Waals surface area (Å²) in [5.74, 6) is 0. The van der Waals surface area contributed by atoms with Crippen molar-refractivity contribution in [1.29, 1.82) is 0 Å². The molecule has 0 aromatic carbocycles. The van der Waals surface area contributed by atoms with Crippen LogP contribution in [-0.2, 0) is 9.47 Å². The van der Waals surface area contributed by atoms with Crippen LogP contribution >= 0.6 is 0 Å². The molecule has 1 atom stereocenters. The fourth-order valence-corrected chi connectivity index (χ4v) is 2.39. The Hall–Kier alpha value is -1.25. The lowest BCUT2D eigenvalue weighted by Crippen LogP contribution is -2.18. The first-order valence-corrected chi connectivity index (χ1v) is 7.30. The SMILES string of the molecule is CC/C=C\C/C=C\C12CC1(OC(=O)OC(C)CC)C2. The summed E-state index contributed by atoms with van der Waals surface area (Å²) in [6.45, 7) is 6.00. The topological polar surface area (TPSA) is 35.5 Å². The second kappa shape index (κ2) is 5.40. The predicted octanol–water partition coefficient (Wildman–Crippen LogP) is 4.38. The van der Waals surface area contributed by atoms with Gasteiger partial charge in [-0.1, -0.05) is 38.2 Å². The molecule has 2 fully saturated rings. The number of allylic oxidation sites excluding steroid dienone is 3. The molecule has 0 radical (unpaired) electrons. The fourth-order valence-electron chi connectivity index (χ4n) is 2.39. The van der Waals surface area contributed by atoms with Crippen molar-refractivity contribution in [3.05, 3.63) is 24.3 Å². The molecule has 0 amide bonds. The first-order chi connectivity index (χ1) is 9.07. The normalized spacial score (nSPS) is 33.2. The van der Waals surface area contributed by atoms with Gasteiger partial charge in [-0.05, 0) is 26.2 Å². The molecule has 2 aliphatic rings. The molecule has 19 heavy (non-hydrogen) atoms. The first kappa shape index (κ1) is 14.2. The molecule has 2 rings (SSSR count). The van der Waals surface area contributed by atoms with E-state index in [-0.39, 0.29) is 17.1 Å². The predicted molar refractivity (Wildman–Crippen MR) is 74.9 cm³/mol. The zero-order valence-corrected chi connectivity index (χ0v) is 12.1. The molecular weight excluding hydrogens is 240 g/mol. The van der Waals surface area contributed by atoms with E-state index in [4.69, 9.17) is 9.47 Å². The van der Waals surface area contributed by atoms with E-state index >= 15 is 0 Å². The smallest absolute Gasteiger partial charge is 0.431 e. The van der Waals surface area contributed by atoms with Crippen LogP contribution in [0.1, 0.15) is 52.9 Å². The highest BCUT2D eigenvalue weighted by Crippen LogP contribution is 2.81. The van der Waals surface area contributed by atoms with Crippen LogP contribution < -0.4 is 0 Å². The maximum atomic E-state index is 11.6. The Labute approximate surface area is 115 Å². The van der Waals surface area contributed by atoms with Crippen molar-refractivity contribution in [1.82, 2.24) is 0 Å². The largest absolute Gasteiger partial charge is 0.509 e. The molecule has 1 unspecified atom stereocenters. The Morgan fingerprint density at radius 3 is 2.63 bits per heavy atom. The number of hydrogen-bond acceptors (Lipinski definition) is 3. The summed E-state index contributed by atoms with van der Waals surface area (Å²) in [6, 6.07) is 0. The quantitative estimate of drug-likeness (QED) is 0.505. The van der Waals surface area contributed by atoms with Crippen molar-refractivity contribution in [3.8, 4) is 0 Å². The number of carbonyl (C=O) groups is 1.